The van der Waals surface area contributed by atoms with Gasteiger partial charge in [-0.3, -0.25) is 14.9 Å². The normalized spacial score (nSPS) is 10.6. The molecule has 0 aliphatic rings. The van der Waals surface area contributed by atoms with E-state index in [9.17, 15) is 24.3 Å². The summed E-state index contributed by atoms with van der Waals surface area (Å²) in [5.41, 5.74) is -0.308. The average molecular weight is 439 g/mol. The number of hydrogen-bond acceptors (Lipinski definition) is 8. The first-order chi connectivity index (χ1) is 15.2. The molecule has 166 valence electrons. The number of ketones is 1. The molecule has 0 fully saturated rings. The van der Waals surface area contributed by atoms with Gasteiger partial charge >= 0.3 is 11.9 Å². The molecule has 0 bridgehead atoms. The van der Waals surface area contributed by atoms with Gasteiger partial charge in [0.25, 0.3) is 5.91 Å². The highest BCUT2D eigenvalue weighted by atomic mass is 16.5. The number of ether oxygens (including phenoxy) is 2. The zero-order chi connectivity index (χ0) is 23.4. The molecule has 2 aromatic carbocycles. The van der Waals surface area contributed by atoms with E-state index in [4.69, 9.17) is 13.9 Å². The predicted octanol–water partition coefficient (Wildman–Crippen LogP) is 3.62. The molecule has 1 aromatic heterocycles. The smallest absolute Gasteiger partial charge is 0.344 e. The van der Waals surface area contributed by atoms with Gasteiger partial charge in [-0.25, -0.2) is 9.59 Å². The summed E-state index contributed by atoms with van der Waals surface area (Å²) < 4.78 is 15.3. The van der Waals surface area contributed by atoms with E-state index in [2.05, 4.69) is 5.32 Å². The zero-order valence-electron chi connectivity index (χ0n) is 17.7. The number of carbonyl (C=O) groups is 4. The van der Waals surface area contributed by atoms with Crippen LogP contribution >= 0.6 is 0 Å². The van der Waals surface area contributed by atoms with E-state index < -0.39 is 30.2 Å². The standard InChI is InChI=1S/C23H21NO8/c1-4-30-23(29)20-19(12(2)25)13(3)32-21(20)24-18(27)11-31-22(28)16-9-14-7-5-6-8-15(14)10-17(16)26/h5-10,26H,4,11H2,1-3H3,(H,24,27). The minimum Gasteiger partial charge on any atom is -0.507 e. The number of aromatic hydroxyl groups is 1. The van der Waals surface area contributed by atoms with Crippen LogP contribution in [0.3, 0.4) is 0 Å². The fourth-order valence-electron chi connectivity index (χ4n) is 3.22. The van der Waals surface area contributed by atoms with Crippen molar-refractivity contribution in [1.82, 2.24) is 0 Å². The molecule has 9 heteroatoms. The first kappa shape index (κ1) is 22.5. The van der Waals surface area contributed by atoms with Crippen LogP contribution in [0.4, 0.5) is 5.88 Å². The van der Waals surface area contributed by atoms with E-state index in [0.717, 1.165) is 5.39 Å². The lowest BCUT2D eigenvalue weighted by Gasteiger charge is -2.09. The van der Waals surface area contributed by atoms with E-state index >= 15 is 0 Å². The van der Waals surface area contributed by atoms with Crippen molar-refractivity contribution in [2.24, 2.45) is 0 Å². The number of Topliss-reactive ketones (excluding diaryl/α,β-unsaturated/α-hetero) is 1. The van der Waals surface area contributed by atoms with Crippen LogP contribution in [0.15, 0.2) is 40.8 Å². The summed E-state index contributed by atoms with van der Waals surface area (Å²) in [5, 5.41) is 13.9. The molecule has 0 radical (unpaired) electrons. The number of carbonyl (C=O) groups excluding carboxylic acids is 4. The number of nitrogens with one attached hydrogen (secondary N) is 1. The topological polar surface area (TPSA) is 132 Å². The third-order valence-electron chi connectivity index (χ3n) is 4.59. The van der Waals surface area contributed by atoms with E-state index in [0.29, 0.717) is 5.39 Å². The lowest BCUT2D eigenvalue weighted by Crippen LogP contribution is -2.22. The number of esters is 2. The molecular formula is C23H21NO8. The minimum atomic E-state index is -0.908. The summed E-state index contributed by atoms with van der Waals surface area (Å²) in [5.74, 6) is -3.42. The molecule has 3 aromatic rings. The Balaban J connectivity index is 1.75. The third-order valence-corrected chi connectivity index (χ3v) is 4.59. The molecule has 1 amide bonds. The van der Waals surface area contributed by atoms with Gasteiger partial charge in [0, 0.05) is 0 Å². The van der Waals surface area contributed by atoms with Crippen molar-refractivity contribution in [2.45, 2.75) is 20.8 Å². The number of phenolic OH excluding ortho intramolecular Hbond substituents is 1. The molecule has 32 heavy (non-hydrogen) atoms. The molecule has 1 heterocycles. The Bertz CT molecular complexity index is 1220. The molecule has 0 aliphatic heterocycles. The number of furan rings is 1. The molecule has 0 unspecified atom stereocenters. The predicted molar refractivity (Wildman–Crippen MR) is 114 cm³/mol. The molecule has 0 spiro atoms. The van der Waals surface area contributed by atoms with E-state index in [1.807, 2.05) is 0 Å². The largest absolute Gasteiger partial charge is 0.507 e. The Morgan fingerprint density at radius 3 is 2.28 bits per heavy atom. The summed E-state index contributed by atoms with van der Waals surface area (Å²) in [6.45, 7) is 3.66. The highest BCUT2D eigenvalue weighted by Crippen LogP contribution is 2.29. The molecular weight excluding hydrogens is 418 g/mol. The van der Waals surface area contributed by atoms with E-state index in [1.54, 1.807) is 31.2 Å². The average Bonchev–Trinajstić information content (AvgIpc) is 3.07. The Morgan fingerprint density at radius 2 is 1.66 bits per heavy atom. The van der Waals surface area contributed by atoms with Crippen molar-refractivity contribution in [2.75, 3.05) is 18.5 Å². The van der Waals surface area contributed by atoms with E-state index in [-0.39, 0.29) is 40.7 Å². The highest BCUT2D eigenvalue weighted by Gasteiger charge is 2.29. The Hall–Kier alpha value is -4.14. The molecule has 0 aliphatic carbocycles. The maximum Gasteiger partial charge on any atom is 0.344 e. The van der Waals surface area contributed by atoms with Crippen molar-refractivity contribution in [1.29, 1.82) is 0 Å². The van der Waals surface area contributed by atoms with Gasteiger partial charge in [0.1, 0.15) is 22.6 Å². The fraction of sp³-hybridized carbons (Fsp3) is 0.217. The Labute approximate surface area is 182 Å². The monoisotopic (exact) mass is 439 g/mol. The molecule has 2 N–H and O–H groups in total. The van der Waals surface area contributed by atoms with Crippen molar-refractivity contribution in [3.05, 3.63) is 58.8 Å². The van der Waals surface area contributed by atoms with E-state index in [1.165, 1.54) is 26.0 Å². The number of amides is 1. The number of phenols is 1. The molecule has 0 atom stereocenters. The van der Waals surface area contributed by atoms with Crippen molar-refractivity contribution in [3.8, 4) is 5.75 Å². The second-order valence-electron chi connectivity index (χ2n) is 6.85. The molecule has 0 saturated carbocycles. The zero-order valence-corrected chi connectivity index (χ0v) is 17.7. The Morgan fingerprint density at radius 1 is 1.00 bits per heavy atom. The van der Waals surface area contributed by atoms with Crippen LogP contribution in [0, 0.1) is 6.92 Å². The third kappa shape index (κ3) is 4.61. The van der Waals surface area contributed by atoms with Crippen LogP contribution in [0.2, 0.25) is 0 Å². The quantitative estimate of drug-likeness (QED) is 0.421. The number of fused-ring (bicyclic) bond motifs is 1. The first-order valence-corrected chi connectivity index (χ1v) is 9.73. The van der Waals surface area contributed by atoms with Crippen LogP contribution in [0.5, 0.6) is 5.75 Å². The number of hydrogen-bond donors (Lipinski definition) is 2. The number of rotatable bonds is 7. The van der Waals surface area contributed by atoms with Crippen molar-refractivity contribution in [3.63, 3.8) is 0 Å². The highest BCUT2D eigenvalue weighted by molar-refractivity contribution is 6.11. The van der Waals surface area contributed by atoms with Gasteiger partial charge in [0.15, 0.2) is 12.4 Å². The number of aryl methyl sites for hydroxylation is 1. The van der Waals surface area contributed by atoms with Gasteiger partial charge < -0.3 is 19.0 Å². The lowest BCUT2D eigenvalue weighted by atomic mass is 10.1. The van der Waals surface area contributed by atoms with Gasteiger partial charge in [-0.2, -0.15) is 0 Å². The number of benzene rings is 2. The summed E-state index contributed by atoms with van der Waals surface area (Å²) in [6.07, 6.45) is 0. The maximum absolute atomic E-state index is 12.4. The second kappa shape index (κ2) is 9.34. The van der Waals surface area contributed by atoms with Crippen molar-refractivity contribution >= 4 is 40.3 Å². The van der Waals surface area contributed by atoms with Gasteiger partial charge in [-0.15, -0.1) is 0 Å². The fourth-order valence-corrected chi connectivity index (χ4v) is 3.22. The van der Waals surface area contributed by atoms with Crippen molar-refractivity contribution < 1.29 is 38.2 Å². The lowest BCUT2D eigenvalue weighted by molar-refractivity contribution is -0.119. The Kier molecular flexibility index (Phi) is 6.58. The van der Waals surface area contributed by atoms with Gasteiger partial charge in [0.05, 0.1) is 12.2 Å². The van der Waals surface area contributed by atoms with Crippen LogP contribution in [-0.4, -0.2) is 41.9 Å². The van der Waals surface area contributed by atoms with Crippen LogP contribution in [-0.2, 0) is 14.3 Å². The van der Waals surface area contributed by atoms with Gasteiger partial charge in [-0.05, 0) is 43.7 Å². The first-order valence-electron chi connectivity index (χ1n) is 9.73. The molecule has 3 rings (SSSR count). The maximum atomic E-state index is 12.4. The summed E-state index contributed by atoms with van der Waals surface area (Å²) in [7, 11) is 0. The second-order valence-corrected chi connectivity index (χ2v) is 6.85. The van der Waals surface area contributed by atoms with Gasteiger partial charge in [0.2, 0.25) is 5.88 Å². The minimum absolute atomic E-state index is 0.00293. The summed E-state index contributed by atoms with van der Waals surface area (Å²) in [4.78, 5) is 48.9. The summed E-state index contributed by atoms with van der Waals surface area (Å²) in [6, 6.07) is 10.00. The van der Waals surface area contributed by atoms with Crippen LogP contribution in [0.25, 0.3) is 10.8 Å². The summed E-state index contributed by atoms with van der Waals surface area (Å²) >= 11 is 0. The van der Waals surface area contributed by atoms with Gasteiger partial charge in [-0.1, -0.05) is 24.3 Å². The SMILES string of the molecule is CCOC(=O)c1c(NC(=O)COC(=O)c2cc3ccccc3cc2O)oc(C)c1C(C)=O. The molecule has 0 saturated heterocycles. The molecule has 9 nitrogen and oxygen atoms in total. The number of anilines is 1. The van der Waals surface area contributed by atoms with Crippen LogP contribution < -0.4 is 5.32 Å². The van der Waals surface area contributed by atoms with Crippen LogP contribution in [0.1, 0.15) is 50.7 Å².